The quantitative estimate of drug-likeness (QED) is 0.0977. The molecule has 0 saturated carbocycles. The average molecular weight is 559 g/mol. The van der Waals surface area contributed by atoms with Gasteiger partial charge in [-0.25, -0.2) is 0 Å². The molecule has 5 heteroatoms. The van der Waals surface area contributed by atoms with E-state index in [1.54, 1.807) is 0 Å². The molecule has 0 aromatic carbocycles. The monoisotopic (exact) mass is 558 g/mol. The normalized spacial score (nSPS) is 19.1. The number of rotatable bonds is 22. The van der Waals surface area contributed by atoms with E-state index >= 15 is 0 Å². The van der Waals surface area contributed by atoms with E-state index in [4.69, 9.17) is 23.7 Å². The van der Waals surface area contributed by atoms with E-state index in [1.807, 2.05) is 26.2 Å². The van der Waals surface area contributed by atoms with Gasteiger partial charge < -0.3 is 23.7 Å². The van der Waals surface area contributed by atoms with Crippen LogP contribution in [0.25, 0.3) is 0 Å². The second-order valence-electron chi connectivity index (χ2n) is 11.0. The van der Waals surface area contributed by atoms with Gasteiger partial charge in [0.05, 0.1) is 62.3 Å². The lowest BCUT2D eigenvalue weighted by Crippen LogP contribution is -2.15. The number of unbranched alkanes of at least 4 members (excludes halogenated alkanes) is 1. The van der Waals surface area contributed by atoms with Crippen LogP contribution in [0.5, 0.6) is 0 Å². The fourth-order valence-corrected chi connectivity index (χ4v) is 5.06. The highest BCUT2D eigenvalue weighted by molar-refractivity contribution is 5.07. The molecule has 2 rings (SSSR count). The summed E-state index contributed by atoms with van der Waals surface area (Å²) in [5, 5.41) is 0. The van der Waals surface area contributed by atoms with Crippen LogP contribution in [0.3, 0.4) is 0 Å². The second-order valence-corrected chi connectivity index (χ2v) is 11.0. The van der Waals surface area contributed by atoms with Crippen LogP contribution in [-0.4, -0.2) is 33.0 Å². The molecule has 0 saturated heterocycles. The summed E-state index contributed by atoms with van der Waals surface area (Å²) in [6, 6.07) is 0. The zero-order valence-electron chi connectivity index (χ0n) is 26.1. The highest BCUT2D eigenvalue weighted by atomic mass is 16.5. The molecule has 2 unspecified atom stereocenters. The molecule has 0 amide bonds. The third-order valence-electron chi connectivity index (χ3n) is 7.77. The van der Waals surface area contributed by atoms with Gasteiger partial charge in [0.2, 0.25) is 0 Å². The summed E-state index contributed by atoms with van der Waals surface area (Å²) in [4.78, 5) is 0. The van der Waals surface area contributed by atoms with Gasteiger partial charge in [-0.15, -0.1) is 0 Å². The maximum Gasteiger partial charge on any atom is 0.0955 e. The summed E-state index contributed by atoms with van der Waals surface area (Å²) in [5.74, 6) is 5.34. The van der Waals surface area contributed by atoms with Crippen LogP contribution in [0.1, 0.15) is 118 Å². The van der Waals surface area contributed by atoms with Crippen LogP contribution in [-0.2, 0) is 23.7 Å². The Hall–Kier alpha value is -2.30. The first-order valence-corrected chi connectivity index (χ1v) is 16.1. The molecule has 0 spiro atoms. The van der Waals surface area contributed by atoms with Crippen LogP contribution in [0.4, 0.5) is 0 Å². The Balaban J connectivity index is 1.71. The first-order chi connectivity index (χ1) is 19.7. The highest BCUT2D eigenvalue weighted by Crippen LogP contribution is 2.32. The lowest BCUT2D eigenvalue weighted by molar-refractivity contribution is 0.121. The van der Waals surface area contributed by atoms with Crippen LogP contribution < -0.4 is 0 Å². The summed E-state index contributed by atoms with van der Waals surface area (Å²) in [5.41, 5.74) is 0. The fraction of sp³-hybridized carbons (Fsp3) is 0.714. The molecular formula is C35H58O5. The summed E-state index contributed by atoms with van der Waals surface area (Å²) in [6.45, 7) is 12.0. The number of ether oxygens (including phenoxy) is 5. The molecule has 0 heterocycles. The van der Waals surface area contributed by atoms with Gasteiger partial charge in [0.1, 0.15) is 0 Å². The Kier molecular flexibility index (Phi) is 19.0. The molecule has 2 atom stereocenters. The van der Waals surface area contributed by atoms with Gasteiger partial charge in [0.25, 0.3) is 0 Å². The minimum absolute atomic E-state index is 0.412. The predicted octanol–water partition coefficient (Wildman–Crippen LogP) is 9.92. The molecule has 0 fully saturated rings. The van der Waals surface area contributed by atoms with Crippen LogP contribution >= 0.6 is 0 Å². The SMILES string of the molecule is C/C=C(\C)OCCC(CCO/C=C/CC)CCO/C(=C/C)CC1CCCC=C1OCCCCOC1=CCCCC1. The Morgan fingerprint density at radius 2 is 1.62 bits per heavy atom. The minimum Gasteiger partial charge on any atom is -0.502 e. The van der Waals surface area contributed by atoms with Gasteiger partial charge in [-0.05, 0) is 122 Å². The van der Waals surface area contributed by atoms with Crippen molar-refractivity contribution in [1.82, 2.24) is 0 Å². The third kappa shape index (κ3) is 15.5. The number of allylic oxidation sites excluding steroid dienone is 9. The first kappa shape index (κ1) is 33.9. The van der Waals surface area contributed by atoms with E-state index in [-0.39, 0.29) is 0 Å². The van der Waals surface area contributed by atoms with Crippen molar-refractivity contribution < 1.29 is 23.7 Å². The molecule has 0 aliphatic heterocycles. The van der Waals surface area contributed by atoms with Gasteiger partial charge in [0, 0.05) is 18.8 Å². The maximum absolute atomic E-state index is 6.33. The molecule has 0 radical (unpaired) electrons. The van der Waals surface area contributed by atoms with E-state index in [2.05, 4.69) is 38.2 Å². The van der Waals surface area contributed by atoms with Crippen molar-refractivity contribution in [2.75, 3.05) is 33.0 Å². The molecule has 0 N–H and O–H groups in total. The minimum atomic E-state index is 0.412. The zero-order chi connectivity index (χ0) is 28.7. The molecule has 228 valence electrons. The van der Waals surface area contributed by atoms with Crippen molar-refractivity contribution in [3.63, 3.8) is 0 Å². The van der Waals surface area contributed by atoms with Crippen molar-refractivity contribution >= 4 is 0 Å². The van der Waals surface area contributed by atoms with Gasteiger partial charge >= 0.3 is 0 Å². The standard InChI is InChI=1S/C35H58O5/c1-5-8-23-36-26-20-31(21-27-37-30(4)6-2)22-28-39-33(7-3)29-32-16-12-13-19-35(32)40-25-15-14-24-38-34-17-10-9-11-18-34/h6-8,17,19,23,31-32H,5,9-16,18,20-22,24-29H2,1-4H3/b23-8+,30-6+,33-7+. The summed E-state index contributed by atoms with van der Waals surface area (Å²) >= 11 is 0. The lowest BCUT2D eigenvalue weighted by atomic mass is 9.90. The summed E-state index contributed by atoms with van der Waals surface area (Å²) in [6.07, 6.45) is 27.9. The van der Waals surface area contributed by atoms with Gasteiger partial charge in [-0.2, -0.15) is 0 Å². The van der Waals surface area contributed by atoms with E-state index < -0.39 is 0 Å². The Bertz CT molecular complexity index is 807. The van der Waals surface area contributed by atoms with Crippen molar-refractivity contribution in [3.05, 3.63) is 59.7 Å². The Labute approximate surface area is 245 Å². The van der Waals surface area contributed by atoms with Gasteiger partial charge in [0.15, 0.2) is 0 Å². The highest BCUT2D eigenvalue weighted by Gasteiger charge is 2.21. The summed E-state index contributed by atoms with van der Waals surface area (Å²) < 4.78 is 30.1. The van der Waals surface area contributed by atoms with Crippen LogP contribution in [0.15, 0.2) is 59.7 Å². The van der Waals surface area contributed by atoms with Crippen molar-refractivity contribution in [1.29, 1.82) is 0 Å². The second kappa shape index (κ2) is 22.4. The van der Waals surface area contributed by atoms with E-state index in [9.17, 15) is 0 Å². The third-order valence-corrected chi connectivity index (χ3v) is 7.77. The first-order valence-electron chi connectivity index (χ1n) is 16.1. The van der Waals surface area contributed by atoms with Gasteiger partial charge in [-0.1, -0.05) is 19.1 Å². The maximum atomic E-state index is 6.33. The number of hydrogen-bond donors (Lipinski definition) is 0. The van der Waals surface area contributed by atoms with Crippen molar-refractivity contribution in [2.45, 2.75) is 118 Å². The molecule has 0 aromatic rings. The predicted molar refractivity (Wildman–Crippen MR) is 166 cm³/mol. The topological polar surface area (TPSA) is 46.2 Å². The van der Waals surface area contributed by atoms with Crippen molar-refractivity contribution in [3.8, 4) is 0 Å². The molecule has 5 nitrogen and oxygen atoms in total. The van der Waals surface area contributed by atoms with Crippen LogP contribution in [0, 0.1) is 11.8 Å². The zero-order valence-corrected chi connectivity index (χ0v) is 26.1. The average Bonchev–Trinajstić information content (AvgIpc) is 2.99. The Morgan fingerprint density at radius 1 is 0.875 bits per heavy atom. The summed E-state index contributed by atoms with van der Waals surface area (Å²) in [7, 11) is 0. The van der Waals surface area contributed by atoms with E-state index in [0.29, 0.717) is 11.8 Å². The fourth-order valence-electron chi connectivity index (χ4n) is 5.06. The largest absolute Gasteiger partial charge is 0.502 e. The number of hydrogen-bond acceptors (Lipinski definition) is 5. The lowest BCUT2D eigenvalue weighted by Gasteiger charge is -2.26. The molecular weight excluding hydrogens is 500 g/mol. The Morgan fingerprint density at radius 3 is 2.35 bits per heavy atom. The van der Waals surface area contributed by atoms with Crippen LogP contribution in [0.2, 0.25) is 0 Å². The van der Waals surface area contributed by atoms with E-state index in [0.717, 1.165) is 115 Å². The molecule has 0 bridgehead atoms. The molecule has 40 heavy (non-hydrogen) atoms. The van der Waals surface area contributed by atoms with Gasteiger partial charge in [-0.3, -0.25) is 0 Å². The molecule has 2 aliphatic rings. The smallest absolute Gasteiger partial charge is 0.0955 e. The molecule has 0 aromatic heterocycles. The molecule has 2 aliphatic carbocycles. The van der Waals surface area contributed by atoms with E-state index in [1.165, 1.54) is 31.4 Å². The van der Waals surface area contributed by atoms with Crippen molar-refractivity contribution in [2.24, 2.45) is 11.8 Å².